The number of anilines is 1. The van der Waals surface area contributed by atoms with Gasteiger partial charge in [-0.05, 0) is 17.7 Å². The maximum Gasteiger partial charge on any atom is 0.198 e. The van der Waals surface area contributed by atoms with E-state index in [0.29, 0.717) is 11.0 Å². The first kappa shape index (κ1) is 11.8. The number of nitrogen functional groups attached to an aromatic ring is 1. The molecule has 1 aliphatic heterocycles. The van der Waals surface area contributed by atoms with Crippen LogP contribution in [0.1, 0.15) is 5.56 Å². The smallest absolute Gasteiger partial charge is 0.198 e. The molecule has 1 fully saturated rings. The molecule has 1 aromatic carbocycles. The van der Waals surface area contributed by atoms with Crippen molar-refractivity contribution in [2.45, 2.75) is 6.54 Å². The Kier molecular flexibility index (Phi) is 3.11. The van der Waals surface area contributed by atoms with E-state index in [9.17, 15) is 0 Å². The van der Waals surface area contributed by atoms with Gasteiger partial charge in [0.15, 0.2) is 5.95 Å². The third-order valence-corrected chi connectivity index (χ3v) is 3.36. The van der Waals surface area contributed by atoms with Crippen molar-refractivity contribution in [3.8, 4) is 0 Å². The fourth-order valence-corrected chi connectivity index (χ4v) is 2.53. The first-order chi connectivity index (χ1) is 8.72. The largest absolute Gasteiger partial charge is 0.379 e. The van der Waals surface area contributed by atoms with Gasteiger partial charge in [-0.25, -0.2) is 4.98 Å². The molecular formula is C12H15ClN4O. The normalized spacial score (nSPS) is 17.4. The Morgan fingerprint density at radius 1 is 1.39 bits per heavy atom. The first-order valence-electron chi connectivity index (χ1n) is 5.96. The van der Waals surface area contributed by atoms with Gasteiger partial charge in [0.2, 0.25) is 0 Å². The lowest BCUT2D eigenvalue weighted by molar-refractivity contribution is 0.0343. The summed E-state index contributed by atoms with van der Waals surface area (Å²) < 4.78 is 5.34. The number of nitrogens with zero attached hydrogens (tertiary/aromatic N) is 2. The molecule has 0 unspecified atom stereocenters. The van der Waals surface area contributed by atoms with Gasteiger partial charge in [-0.2, -0.15) is 0 Å². The SMILES string of the molecule is Nc1nc2c(CN3CCOCC3)cc(Cl)cc2[nH]1. The number of nitrogens with one attached hydrogen (secondary N) is 1. The van der Waals surface area contributed by atoms with Crippen LogP contribution in [0.5, 0.6) is 0 Å². The van der Waals surface area contributed by atoms with Crippen LogP contribution in [-0.4, -0.2) is 41.2 Å². The van der Waals surface area contributed by atoms with Crippen molar-refractivity contribution in [3.05, 3.63) is 22.7 Å². The van der Waals surface area contributed by atoms with E-state index in [4.69, 9.17) is 22.1 Å². The Bertz CT molecular complexity index is 562. The van der Waals surface area contributed by atoms with Gasteiger partial charge in [0.1, 0.15) is 0 Å². The lowest BCUT2D eigenvalue weighted by Gasteiger charge is -2.26. The average Bonchev–Trinajstić information content (AvgIpc) is 2.71. The number of fused-ring (bicyclic) bond motifs is 1. The van der Waals surface area contributed by atoms with E-state index in [-0.39, 0.29) is 0 Å². The molecule has 0 aliphatic carbocycles. The van der Waals surface area contributed by atoms with E-state index in [1.165, 1.54) is 0 Å². The van der Waals surface area contributed by atoms with E-state index < -0.39 is 0 Å². The summed E-state index contributed by atoms with van der Waals surface area (Å²) in [5.41, 5.74) is 8.60. The van der Waals surface area contributed by atoms with Gasteiger partial charge < -0.3 is 15.5 Å². The van der Waals surface area contributed by atoms with Crippen molar-refractivity contribution in [2.75, 3.05) is 32.0 Å². The fraction of sp³-hybridized carbons (Fsp3) is 0.417. The minimum Gasteiger partial charge on any atom is -0.379 e. The second kappa shape index (κ2) is 4.76. The molecule has 6 heteroatoms. The van der Waals surface area contributed by atoms with E-state index >= 15 is 0 Å². The number of hydrogen-bond acceptors (Lipinski definition) is 4. The summed E-state index contributed by atoms with van der Waals surface area (Å²) in [7, 11) is 0. The van der Waals surface area contributed by atoms with Crippen molar-refractivity contribution in [2.24, 2.45) is 0 Å². The number of hydrogen-bond donors (Lipinski definition) is 2. The lowest BCUT2D eigenvalue weighted by atomic mass is 10.1. The minimum atomic E-state index is 0.426. The van der Waals surface area contributed by atoms with E-state index in [0.717, 1.165) is 49.4 Å². The maximum atomic E-state index is 6.12. The Morgan fingerprint density at radius 2 is 2.17 bits per heavy atom. The second-order valence-corrected chi connectivity index (χ2v) is 4.91. The molecule has 1 aliphatic rings. The number of rotatable bonds is 2. The topological polar surface area (TPSA) is 67.2 Å². The zero-order chi connectivity index (χ0) is 12.5. The minimum absolute atomic E-state index is 0.426. The number of morpholine rings is 1. The Hall–Kier alpha value is -1.30. The van der Waals surface area contributed by atoms with Crippen LogP contribution in [0.25, 0.3) is 11.0 Å². The van der Waals surface area contributed by atoms with E-state index in [2.05, 4.69) is 14.9 Å². The van der Waals surface area contributed by atoms with Gasteiger partial charge in [0.25, 0.3) is 0 Å². The molecule has 0 amide bonds. The number of imidazole rings is 1. The number of H-pyrrole nitrogens is 1. The third kappa shape index (κ3) is 2.29. The molecule has 18 heavy (non-hydrogen) atoms. The van der Waals surface area contributed by atoms with Crippen LogP contribution in [0.2, 0.25) is 5.02 Å². The Morgan fingerprint density at radius 3 is 2.94 bits per heavy atom. The summed E-state index contributed by atoms with van der Waals surface area (Å²) in [5.74, 6) is 0.426. The van der Waals surface area contributed by atoms with Crippen LogP contribution in [0.3, 0.4) is 0 Å². The quantitative estimate of drug-likeness (QED) is 0.867. The molecule has 0 atom stereocenters. The zero-order valence-electron chi connectivity index (χ0n) is 9.95. The van der Waals surface area contributed by atoms with E-state index in [1.807, 2.05) is 12.1 Å². The molecule has 0 radical (unpaired) electrons. The molecule has 0 spiro atoms. The molecule has 3 N–H and O–H groups in total. The van der Waals surface area contributed by atoms with Crippen molar-refractivity contribution in [3.63, 3.8) is 0 Å². The van der Waals surface area contributed by atoms with E-state index in [1.54, 1.807) is 0 Å². The summed E-state index contributed by atoms with van der Waals surface area (Å²) in [6.45, 7) is 4.27. The molecular weight excluding hydrogens is 252 g/mol. The molecule has 2 aromatic rings. The molecule has 2 heterocycles. The highest BCUT2D eigenvalue weighted by atomic mass is 35.5. The van der Waals surface area contributed by atoms with Crippen LogP contribution in [-0.2, 0) is 11.3 Å². The molecule has 1 saturated heterocycles. The average molecular weight is 267 g/mol. The number of benzene rings is 1. The predicted molar refractivity (Wildman–Crippen MR) is 71.6 cm³/mol. The van der Waals surface area contributed by atoms with Gasteiger partial charge in [-0.1, -0.05) is 11.6 Å². The highest BCUT2D eigenvalue weighted by Gasteiger charge is 2.14. The summed E-state index contributed by atoms with van der Waals surface area (Å²) in [5, 5.41) is 0.703. The molecule has 5 nitrogen and oxygen atoms in total. The van der Waals surface area contributed by atoms with Crippen LogP contribution >= 0.6 is 11.6 Å². The van der Waals surface area contributed by atoms with Crippen molar-refractivity contribution in [1.29, 1.82) is 0 Å². The van der Waals surface area contributed by atoms with Gasteiger partial charge in [0.05, 0.1) is 24.2 Å². The summed E-state index contributed by atoms with van der Waals surface area (Å²) in [4.78, 5) is 9.67. The molecule has 0 bridgehead atoms. The van der Waals surface area contributed by atoms with Crippen LogP contribution in [0, 0.1) is 0 Å². The molecule has 96 valence electrons. The second-order valence-electron chi connectivity index (χ2n) is 4.47. The summed E-state index contributed by atoms with van der Waals surface area (Å²) >= 11 is 6.12. The molecule has 1 aromatic heterocycles. The number of aromatic nitrogens is 2. The fourth-order valence-electron chi connectivity index (χ4n) is 2.29. The maximum absolute atomic E-state index is 6.12. The predicted octanol–water partition coefficient (Wildman–Crippen LogP) is 1.63. The number of nitrogens with two attached hydrogens (primary N) is 1. The van der Waals surface area contributed by atoms with Crippen LogP contribution in [0.15, 0.2) is 12.1 Å². The lowest BCUT2D eigenvalue weighted by Crippen LogP contribution is -2.35. The van der Waals surface area contributed by atoms with Crippen LogP contribution in [0.4, 0.5) is 5.95 Å². The van der Waals surface area contributed by atoms with Crippen LogP contribution < -0.4 is 5.73 Å². The zero-order valence-corrected chi connectivity index (χ0v) is 10.7. The molecule has 0 saturated carbocycles. The Labute approximate surface area is 110 Å². The van der Waals surface area contributed by atoms with Gasteiger partial charge in [-0.15, -0.1) is 0 Å². The van der Waals surface area contributed by atoms with Gasteiger partial charge in [0, 0.05) is 24.7 Å². The Balaban J connectivity index is 1.94. The third-order valence-electron chi connectivity index (χ3n) is 3.15. The highest BCUT2D eigenvalue weighted by molar-refractivity contribution is 6.31. The van der Waals surface area contributed by atoms with Crippen molar-refractivity contribution in [1.82, 2.24) is 14.9 Å². The number of ether oxygens (including phenoxy) is 1. The highest BCUT2D eigenvalue weighted by Crippen LogP contribution is 2.24. The van der Waals surface area contributed by atoms with Gasteiger partial charge in [-0.3, -0.25) is 4.90 Å². The van der Waals surface area contributed by atoms with Gasteiger partial charge >= 0.3 is 0 Å². The summed E-state index contributed by atoms with van der Waals surface area (Å²) in [6.07, 6.45) is 0. The standard InChI is InChI=1S/C12H15ClN4O/c13-9-5-8(7-17-1-3-18-4-2-17)11-10(6-9)15-12(14)16-11/h5-6H,1-4,7H2,(H3,14,15,16). The van der Waals surface area contributed by atoms with Crippen molar-refractivity contribution < 1.29 is 4.74 Å². The number of aromatic amines is 1. The summed E-state index contributed by atoms with van der Waals surface area (Å²) in [6, 6.07) is 3.81. The van der Waals surface area contributed by atoms with Crippen molar-refractivity contribution >= 4 is 28.6 Å². The number of halogens is 1. The monoisotopic (exact) mass is 266 g/mol. The first-order valence-corrected chi connectivity index (χ1v) is 6.34. The molecule has 3 rings (SSSR count).